The SMILES string of the molecule is CN(C)CCOc1ccccc1C(=O)N1CCC[C@H](CC(=O)O)CC1. The van der Waals surface area contributed by atoms with Gasteiger partial charge in [-0.3, -0.25) is 9.59 Å². The molecule has 1 aromatic rings. The molecule has 1 aromatic carbocycles. The van der Waals surface area contributed by atoms with Gasteiger partial charge in [-0.2, -0.15) is 0 Å². The molecule has 1 atom stereocenters. The van der Waals surface area contributed by atoms with Crippen molar-refractivity contribution in [1.82, 2.24) is 9.80 Å². The number of carboxylic acids is 1. The Kier molecular flexibility index (Phi) is 7.25. The molecule has 0 aromatic heterocycles. The van der Waals surface area contributed by atoms with Crippen LogP contribution in [-0.4, -0.2) is 67.1 Å². The van der Waals surface area contributed by atoms with Gasteiger partial charge in [-0.15, -0.1) is 0 Å². The summed E-state index contributed by atoms with van der Waals surface area (Å²) in [5.74, 6) is -0.0246. The van der Waals surface area contributed by atoms with Gasteiger partial charge in [0.1, 0.15) is 12.4 Å². The van der Waals surface area contributed by atoms with E-state index in [1.165, 1.54) is 0 Å². The zero-order valence-corrected chi connectivity index (χ0v) is 15.1. The molecule has 25 heavy (non-hydrogen) atoms. The summed E-state index contributed by atoms with van der Waals surface area (Å²) in [5, 5.41) is 8.97. The van der Waals surface area contributed by atoms with E-state index >= 15 is 0 Å². The molecule has 1 aliphatic heterocycles. The van der Waals surface area contributed by atoms with Crippen LogP contribution in [0.4, 0.5) is 0 Å². The van der Waals surface area contributed by atoms with E-state index in [2.05, 4.69) is 0 Å². The predicted octanol–water partition coefficient (Wildman–Crippen LogP) is 2.34. The van der Waals surface area contributed by atoms with Crippen molar-refractivity contribution in [2.75, 3.05) is 40.3 Å². The van der Waals surface area contributed by atoms with Gasteiger partial charge in [-0.1, -0.05) is 12.1 Å². The highest BCUT2D eigenvalue weighted by Crippen LogP contribution is 2.25. The van der Waals surface area contributed by atoms with Gasteiger partial charge in [-0.05, 0) is 51.4 Å². The lowest BCUT2D eigenvalue weighted by Crippen LogP contribution is -2.32. The third-order valence-corrected chi connectivity index (χ3v) is 4.51. The van der Waals surface area contributed by atoms with Crippen LogP contribution >= 0.6 is 0 Å². The summed E-state index contributed by atoms with van der Waals surface area (Å²) in [5.41, 5.74) is 0.581. The third kappa shape index (κ3) is 6.05. The minimum absolute atomic E-state index is 0.0311. The first-order chi connectivity index (χ1) is 12.0. The fraction of sp³-hybridized carbons (Fsp3) is 0.579. The molecular formula is C19H28N2O4. The highest BCUT2D eigenvalue weighted by molar-refractivity contribution is 5.97. The van der Waals surface area contributed by atoms with Gasteiger partial charge in [0.25, 0.3) is 5.91 Å². The molecule has 6 nitrogen and oxygen atoms in total. The average molecular weight is 348 g/mol. The van der Waals surface area contributed by atoms with Gasteiger partial charge in [0.15, 0.2) is 0 Å². The minimum atomic E-state index is -0.760. The summed E-state index contributed by atoms with van der Waals surface area (Å²) in [4.78, 5) is 27.7. The van der Waals surface area contributed by atoms with Gasteiger partial charge in [0.05, 0.1) is 5.56 Å². The fourth-order valence-corrected chi connectivity index (χ4v) is 3.10. The number of hydrogen-bond acceptors (Lipinski definition) is 4. The number of carboxylic acid groups (broad SMARTS) is 1. The topological polar surface area (TPSA) is 70.1 Å². The summed E-state index contributed by atoms with van der Waals surface area (Å²) < 4.78 is 5.80. The summed E-state index contributed by atoms with van der Waals surface area (Å²) >= 11 is 0. The number of para-hydroxylation sites is 1. The Morgan fingerprint density at radius 3 is 2.72 bits per heavy atom. The molecule has 1 N–H and O–H groups in total. The molecule has 1 aliphatic rings. The van der Waals surface area contributed by atoms with Crippen molar-refractivity contribution >= 4 is 11.9 Å². The lowest BCUT2D eigenvalue weighted by atomic mass is 9.97. The molecule has 138 valence electrons. The largest absolute Gasteiger partial charge is 0.491 e. The van der Waals surface area contributed by atoms with Gasteiger partial charge < -0.3 is 19.6 Å². The number of hydrogen-bond donors (Lipinski definition) is 1. The molecule has 0 radical (unpaired) electrons. The molecule has 0 bridgehead atoms. The second kappa shape index (κ2) is 9.42. The maximum Gasteiger partial charge on any atom is 0.303 e. The molecule has 2 rings (SSSR count). The number of carbonyl (C=O) groups excluding carboxylic acids is 1. The molecule has 1 saturated heterocycles. The molecule has 0 spiro atoms. The van der Waals surface area contributed by atoms with Crippen molar-refractivity contribution < 1.29 is 19.4 Å². The highest BCUT2D eigenvalue weighted by atomic mass is 16.5. The average Bonchev–Trinajstić information content (AvgIpc) is 2.79. The Morgan fingerprint density at radius 2 is 2.00 bits per heavy atom. The quantitative estimate of drug-likeness (QED) is 0.819. The van der Waals surface area contributed by atoms with Crippen molar-refractivity contribution in [2.45, 2.75) is 25.7 Å². The molecule has 0 unspecified atom stereocenters. The number of carbonyl (C=O) groups is 2. The number of nitrogens with zero attached hydrogens (tertiary/aromatic N) is 2. The first-order valence-corrected chi connectivity index (χ1v) is 8.85. The molecule has 0 aliphatic carbocycles. The van der Waals surface area contributed by atoms with E-state index in [9.17, 15) is 9.59 Å². The normalized spacial score (nSPS) is 18.0. The monoisotopic (exact) mass is 348 g/mol. The molecule has 6 heteroatoms. The van der Waals surface area contributed by atoms with Crippen LogP contribution in [0.25, 0.3) is 0 Å². The first-order valence-electron chi connectivity index (χ1n) is 8.85. The van der Waals surface area contributed by atoms with Crippen LogP contribution < -0.4 is 4.74 Å². The van der Waals surface area contributed by atoms with Crippen molar-refractivity contribution in [3.05, 3.63) is 29.8 Å². The van der Waals surface area contributed by atoms with Crippen LogP contribution in [0.3, 0.4) is 0 Å². The Hall–Kier alpha value is -2.08. The molecular weight excluding hydrogens is 320 g/mol. The van der Waals surface area contributed by atoms with Crippen molar-refractivity contribution in [3.8, 4) is 5.75 Å². The number of amides is 1. The number of aliphatic carboxylic acids is 1. The van der Waals surface area contributed by atoms with Gasteiger partial charge >= 0.3 is 5.97 Å². The zero-order valence-electron chi connectivity index (χ0n) is 15.1. The smallest absolute Gasteiger partial charge is 0.303 e. The maximum absolute atomic E-state index is 12.9. The summed E-state index contributed by atoms with van der Waals surface area (Å²) in [6, 6.07) is 7.34. The Balaban J connectivity index is 2.01. The zero-order chi connectivity index (χ0) is 18.2. The summed E-state index contributed by atoms with van der Waals surface area (Å²) in [6.07, 6.45) is 2.62. The van der Waals surface area contributed by atoms with Crippen LogP contribution in [-0.2, 0) is 4.79 Å². The Labute approximate surface area is 149 Å². The van der Waals surface area contributed by atoms with Crippen molar-refractivity contribution in [2.24, 2.45) is 5.92 Å². The minimum Gasteiger partial charge on any atom is -0.491 e. The van der Waals surface area contributed by atoms with Crippen molar-refractivity contribution in [3.63, 3.8) is 0 Å². The fourth-order valence-electron chi connectivity index (χ4n) is 3.10. The van der Waals surface area contributed by atoms with E-state index < -0.39 is 5.97 Å². The standard InChI is InChI=1S/C19H28N2O4/c1-20(2)12-13-25-17-8-4-3-7-16(17)19(24)21-10-5-6-15(9-11-21)14-18(22)23/h3-4,7-8,15H,5-6,9-14H2,1-2H3,(H,22,23)/t15-/m0/s1. The lowest BCUT2D eigenvalue weighted by Gasteiger charge is -2.22. The Morgan fingerprint density at radius 1 is 1.24 bits per heavy atom. The van der Waals surface area contributed by atoms with Crippen LogP contribution in [0.5, 0.6) is 5.75 Å². The number of rotatable bonds is 7. The number of ether oxygens (including phenoxy) is 1. The molecule has 1 amide bonds. The Bertz CT molecular complexity index is 589. The van der Waals surface area contributed by atoms with Gasteiger partial charge in [-0.25, -0.2) is 0 Å². The van der Waals surface area contributed by atoms with E-state index in [1.807, 2.05) is 42.1 Å². The van der Waals surface area contributed by atoms with Crippen LogP contribution in [0, 0.1) is 5.92 Å². The number of likely N-dealkylation sites (tertiary alicyclic amines) is 1. The van der Waals surface area contributed by atoms with E-state index in [0.717, 1.165) is 25.8 Å². The molecule has 1 heterocycles. The number of likely N-dealkylation sites (N-methyl/N-ethyl adjacent to an activating group) is 1. The second-order valence-electron chi connectivity index (χ2n) is 6.83. The summed E-state index contributed by atoms with van der Waals surface area (Å²) in [7, 11) is 3.95. The molecule has 1 fully saturated rings. The second-order valence-corrected chi connectivity index (χ2v) is 6.83. The summed E-state index contributed by atoms with van der Waals surface area (Å²) in [6.45, 7) is 2.57. The van der Waals surface area contributed by atoms with E-state index in [4.69, 9.17) is 9.84 Å². The number of benzene rings is 1. The highest BCUT2D eigenvalue weighted by Gasteiger charge is 2.24. The van der Waals surface area contributed by atoms with Crippen LogP contribution in [0.15, 0.2) is 24.3 Å². The van der Waals surface area contributed by atoms with Gasteiger partial charge in [0, 0.05) is 26.1 Å². The first kappa shape index (κ1) is 19.2. The van der Waals surface area contributed by atoms with Crippen LogP contribution in [0.1, 0.15) is 36.0 Å². The lowest BCUT2D eigenvalue weighted by molar-refractivity contribution is -0.138. The van der Waals surface area contributed by atoms with E-state index in [-0.39, 0.29) is 18.2 Å². The predicted molar refractivity (Wildman–Crippen MR) is 96.0 cm³/mol. The molecule has 0 saturated carbocycles. The van der Waals surface area contributed by atoms with E-state index in [1.54, 1.807) is 6.07 Å². The van der Waals surface area contributed by atoms with Crippen molar-refractivity contribution in [1.29, 1.82) is 0 Å². The maximum atomic E-state index is 12.9. The van der Waals surface area contributed by atoms with Crippen LogP contribution in [0.2, 0.25) is 0 Å². The van der Waals surface area contributed by atoms with Gasteiger partial charge in [0.2, 0.25) is 0 Å². The van der Waals surface area contributed by atoms with E-state index in [0.29, 0.717) is 31.0 Å². The third-order valence-electron chi connectivity index (χ3n) is 4.51.